The average Bonchev–Trinajstić information content (AvgIpc) is 3.28. The lowest BCUT2D eigenvalue weighted by Crippen LogP contribution is -2.44. The Morgan fingerprint density at radius 3 is 2.91 bits per heavy atom. The van der Waals surface area contributed by atoms with Gasteiger partial charge in [-0.1, -0.05) is 51.4 Å². The number of halogens is 1. The first-order chi connectivity index (χ1) is 15.6. The zero-order valence-corrected chi connectivity index (χ0v) is 19.8. The molecule has 1 saturated heterocycles. The summed E-state index contributed by atoms with van der Waals surface area (Å²) in [6.07, 6.45) is 1.89. The number of likely N-dealkylation sites (tertiary alicyclic amines) is 1. The summed E-state index contributed by atoms with van der Waals surface area (Å²) >= 11 is 3.47. The molecule has 2 aromatic carbocycles. The van der Waals surface area contributed by atoms with Crippen LogP contribution >= 0.6 is 15.9 Å². The number of hydrogen-bond donors (Lipinski definition) is 1. The SMILES string of the molecule is CN(CCNC(=O)C1CCCN(Cc2nc(-c3cccc(Br)c3)no2)C1)c1ccccc1. The van der Waals surface area contributed by atoms with Crippen LogP contribution in [0.25, 0.3) is 11.4 Å². The van der Waals surface area contributed by atoms with Crippen LogP contribution in [-0.4, -0.2) is 54.2 Å². The van der Waals surface area contributed by atoms with Gasteiger partial charge in [-0.05, 0) is 43.7 Å². The summed E-state index contributed by atoms with van der Waals surface area (Å²) < 4.78 is 6.44. The van der Waals surface area contributed by atoms with Gasteiger partial charge in [-0.3, -0.25) is 9.69 Å². The summed E-state index contributed by atoms with van der Waals surface area (Å²) in [5, 5.41) is 7.22. The summed E-state index contributed by atoms with van der Waals surface area (Å²) in [6.45, 7) is 3.58. The molecule has 1 aromatic heterocycles. The van der Waals surface area contributed by atoms with Gasteiger partial charge in [-0.25, -0.2) is 0 Å². The molecule has 32 heavy (non-hydrogen) atoms. The van der Waals surface area contributed by atoms with Gasteiger partial charge < -0.3 is 14.7 Å². The molecule has 2 heterocycles. The summed E-state index contributed by atoms with van der Waals surface area (Å²) in [5.74, 6) is 1.26. The molecule has 1 aliphatic rings. The van der Waals surface area contributed by atoms with E-state index in [1.54, 1.807) is 0 Å². The minimum absolute atomic E-state index is 0.0155. The highest BCUT2D eigenvalue weighted by atomic mass is 79.9. The molecule has 0 spiro atoms. The molecule has 3 aromatic rings. The highest BCUT2D eigenvalue weighted by molar-refractivity contribution is 9.10. The van der Waals surface area contributed by atoms with E-state index < -0.39 is 0 Å². The van der Waals surface area contributed by atoms with E-state index in [9.17, 15) is 4.79 Å². The van der Waals surface area contributed by atoms with Gasteiger partial charge in [0.05, 0.1) is 12.5 Å². The number of amides is 1. The Morgan fingerprint density at radius 1 is 1.25 bits per heavy atom. The first-order valence-corrected chi connectivity index (χ1v) is 11.7. The molecule has 0 bridgehead atoms. The van der Waals surface area contributed by atoms with Crippen molar-refractivity contribution in [1.29, 1.82) is 0 Å². The fraction of sp³-hybridized carbons (Fsp3) is 0.375. The van der Waals surface area contributed by atoms with E-state index in [-0.39, 0.29) is 11.8 Å². The van der Waals surface area contributed by atoms with Crippen LogP contribution in [0, 0.1) is 5.92 Å². The van der Waals surface area contributed by atoms with Crippen LogP contribution in [-0.2, 0) is 11.3 Å². The number of anilines is 1. The Balaban J connectivity index is 1.25. The summed E-state index contributed by atoms with van der Waals surface area (Å²) in [7, 11) is 2.04. The monoisotopic (exact) mass is 497 g/mol. The fourth-order valence-electron chi connectivity index (χ4n) is 3.97. The van der Waals surface area contributed by atoms with Gasteiger partial charge >= 0.3 is 0 Å². The third-order valence-electron chi connectivity index (χ3n) is 5.73. The fourth-order valence-corrected chi connectivity index (χ4v) is 4.37. The summed E-state index contributed by atoms with van der Waals surface area (Å²) in [4.78, 5) is 21.6. The van der Waals surface area contributed by atoms with Gasteiger partial charge in [-0.2, -0.15) is 4.98 Å². The van der Waals surface area contributed by atoms with E-state index >= 15 is 0 Å². The molecule has 1 unspecified atom stereocenters. The van der Waals surface area contributed by atoms with Crippen LogP contribution in [0.2, 0.25) is 0 Å². The normalized spacial score (nSPS) is 16.6. The molecule has 1 amide bonds. The zero-order valence-electron chi connectivity index (χ0n) is 18.2. The first kappa shape index (κ1) is 22.5. The molecule has 7 nitrogen and oxygen atoms in total. The second-order valence-electron chi connectivity index (χ2n) is 8.14. The van der Waals surface area contributed by atoms with Crippen LogP contribution < -0.4 is 10.2 Å². The Kier molecular flexibility index (Phi) is 7.55. The molecule has 0 aliphatic carbocycles. The number of carbonyl (C=O) groups excluding carboxylic acids is 1. The lowest BCUT2D eigenvalue weighted by molar-refractivity contribution is -0.126. The van der Waals surface area contributed by atoms with Crippen LogP contribution in [0.3, 0.4) is 0 Å². The highest BCUT2D eigenvalue weighted by Crippen LogP contribution is 2.22. The molecule has 1 fully saturated rings. The predicted molar refractivity (Wildman–Crippen MR) is 128 cm³/mol. The molecular formula is C24H28BrN5O2. The lowest BCUT2D eigenvalue weighted by Gasteiger charge is -2.31. The molecule has 1 N–H and O–H groups in total. The predicted octanol–water partition coefficient (Wildman–Crippen LogP) is 3.96. The first-order valence-electron chi connectivity index (χ1n) is 10.9. The Bertz CT molecular complexity index is 1030. The Labute approximate surface area is 196 Å². The Morgan fingerprint density at radius 2 is 2.09 bits per heavy atom. The molecule has 0 radical (unpaired) electrons. The van der Waals surface area contributed by atoms with E-state index in [2.05, 4.69) is 53.3 Å². The highest BCUT2D eigenvalue weighted by Gasteiger charge is 2.26. The molecule has 8 heteroatoms. The summed E-state index contributed by atoms with van der Waals surface area (Å²) in [6, 6.07) is 18.0. The maximum Gasteiger partial charge on any atom is 0.241 e. The number of nitrogens with zero attached hydrogens (tertiary/aromatic N) is 4. The van der Waals surface area contributed by atoms with Crippen molar-refractivity contribution in [2.45, 2.75) is 19.4 Å². The molecule has 168 valence electrons. The van der Waals surface area contributed by atoms with E-state index in [0.717, 1.165) is 41.7 Å². The van der Waals surface area contributed by atoms with Crippen molar-refractivity contribution in [3.05, 3.63) is 65.0 Å². The van der Waals surface area contributed by atoms with E-state index in [1.807, 2.05) is 49.5 Å². The van der Waals surface area contributed by atoms with Crippen molar-refractivity contribution in [2.24, 2.45) is 5.92 Å². The van der Waals surface area contributed by atoms with Crippen LogP contribution in [0.5, 0.6) is 0 Å². The van der Waals surface area contributed by atoms with E-state index in [4.69, 9.17) is 4.52 Å². The lowest BCUT2D eigenvalue weighted by atomic mass is 9.97. The number of hydrogen-bond acceptors (Lipinski definition) is 6. The smallest absolute Gasteiger partial charge is 0.241 e. The summed E-state index contributed by atoms with van der Waals surface area (Å²) in [5.41, 5.74) is 2.05. The van der Waals surface area contributed by atoms with Gasteiger partial charge in [0.1, 0.15) is 0 Å². The second kappa shape index (κ2) is 10.7. The van der Waals surface area contributed by atoms with Crippen molar-refractivity contribution in [3.63, 3.8) is 0 Å². The van der Waals surface area contributed by atoms with Crippen molar-refractivity contribution in [2.75, 3.05) is 38.1 Å². The molecule has 0 saturated carbocycles. The third kappa shape index (κ3) is 5.95. The number of para-hydroxylation sites is 1. The van der Waals surface area contributed by atoms with Gasteiger partial charge in [0, 0.05) is 42.4 Å². The van der Waals surface area contributed by atoms with Crippen molar-refractivity contribution in [1.82, 2.24) is 20.4 Å². The average molecular weight is 498 g/mol. The second-order valence-corrected chi connectivity index (χ2v) is 9.06. The third-order valence-corrected chi connectivity index (χ3v) is 6.22. The molecule has 4 rings (SSSR count). The van der Waals surface area contributed by atoms with Crippen LogP contribution in [0.4, 0.5) is 5.69 Å². The quantitative estimate of drug-likeness (QED) is 0.507. The van der Waals surface area contributed by atoms with Crippen molar-refractivity contribution < 1.29 is 9.32 Å². The topological polar surface area (TPSA) is 74.5 Å². The maximum absolute atomic E-state index is 12.7. The van der Waals surface area contributed by atoms with Crippen LogP contribution in [0.1, 0.15) is 18.7 Å². The number of likely N-dealkylation sites (N-methyl/N-ethyl adjacent to an activating group) is 1. The number of nitrogens with one attached hydrogen (secondary N) is 1. The minimum Gasteiger partial charge on any atom is -0.373 e. The number of rotatable bonds is 8. The van der Waals surface area contributed by atoms with Crippen LogP contribution in [0.15, 0.2) is 63.6 Å². The van der Waals surface area contributed by atoms with E-state index in [1.165, 1.54) is 0 Å². The molecular weight excluding hydrogens is 470 g/mol. The van der Waals surface area contributed by atoms with Gasteiger partial charge in [0.2, 0.25) is 17.6 Å². The van der Waals surface area contributed by atoms with Crippen molar-refractivity contribution in [3.8, 4) is 11.4 Å². The van der Waals surface area contributed by atoms with Gasteiger partial charge in [-0.15, -0.1) is 0 Å². The molecule has 1 aliphatic heterocycles. The zero-order chi connectivity index (χ0) is 22.3. The molecule has 1 atom stereocenters. The largest absolute Gasteiger partial charge is 0.373 e. The van der Waals surface area contributed by atoms with Crippen molar-refractivity contribution >= 4 is 27.5 Å². The van der Waals surface area contributed by atoms with E-state index in [0.29, 0.717) is 31.3 Å². The number of piperidine rings is 1. The van der Waals surface area contributed by atoms with Gasteiger partial charge in [0.15, 0.2) is 0 Å². The van der Waals surface area contributed by atoms with Gasteiger partial charge in [0.25, 0.3) is 0 Å². The minimum atomic E-state index is -0.0155. The number of carbonyl (C=O) groups is 1. The number of benzene rings is 2. The standard InChI is InChI=1S/C24H28BrN5O2/c1-29(21-10-3-2-4-11-21)14-12-26-24(31)19-8-6-13-30(16-19)17-22-27-23(28-32-22)18-7-5-9-20(25)15-18/h2-5,7,9-11,15,19H,6,8,12-14,16-17H2,1H3,(H,26,31). The number of aromatic nitrogens is 2. The Hall–Kier alpha value is -2.71. The maximum atomic E-state index is 12.7.